The first-order valence-electron chi connectivity index (χ1n) is 6.89. The second kappa shape index (κ2) is 6.52. The monoisotopic (exact) mass is 211 g/mol. The summed E-state index contributed by atoms with van der Waals surface area (Å²) in [5.74, 6) is 0.860. The van der Waals surface area contributed by atoms with Crippen LogP contribution in [0.1, 0.15) is 65.7 Å². The minimum absolute atomic E-state index is 0.665. The largest absolute Gasteiger partial charge is 0.316 e. The van der Waals surface area contributed by atoms with E-state index in [9.17, 15) is 0 Å². The molecule has 0 spiro atoms. The zero-order chi connectivity index (χ0) is 11.1. The third kappa shape index (κ3) is 4.55. The molecule has 0 heterocycles. The molecule has 0 aromatic rings. The van der Waals surface area contributed by atoms with Gasteiger partial charge in [-0.15, -0.1) is 0 Å². The fourth-order valence-corrected chi connectivity index (χ4v) is 2.77. The lowest BCUT2D eigenvalue weighted by Gasteiger charge is -2.27. The van der Waals surface area contributed by atoms with Gasteiger partial charge in [0.1, 0.15) is 0 Å². The van der Waals surface area contributed by atoms with E-state index in [1.54, 1.807) is 0 Å². The minimum atomic E-state index is 0.665. The van der Waals surface area contributed by atoms with E-state index >= 15 is 0 Å². The van der Waals surface area contributed by atoms with Crippen molar-refractivity contribution < 1.29 is 0 Å². The van der Waals surface area contributed by atoms with Crippen molar-refractivity contribution in [3.05, 3.63) is 0 Å². The highest BCUT2D eigenvalue weighted by Gasteiger charge is 2.31. The molecular weight excluding hydrogens is 182 g/mol. The Kier molecular flexibility index (Phi) is 5.66. The lowest BCUT2D eigenvalue weighted by molar-refractivity contribution is 0.268. The number of hydrogen-bond donors (Lipinski definition) is 1. The maximum atomic E-state index is 3.67. The lowest BCUT2D eigenvalue weighted by atomic mass is 9.83. The molecule has 0 atom stereocenters. The first kappa shape index (κ1) is 13.0. The summed E-state index contributed by atoms with van der Waals surface area (Å²) < 4.78 is 0. The van der Waals surface area contributed by atoms with E-state index in [1.807, 2.05) is 0 Å². The molecule has 0 unspecified atom stereocenters. The number of nitrogens with one attached hydrogen (secondary N) is 1. The second-order valence-corrected chi connectivity index (χ2v) is 5.77. The van der Waals surface area contributed by atoms with Gasteiger partial charge in [-0.05, 0) is 50.0 Å². The topological polar surface area (TPSA) is 12.0 Å². The van der Waals surface area contributed by atoms with E-state index in [2.05, 4.69) is 26.1 Å². The van der Waals surface area contributed by atoms with Crippen LogP contribution < -0.4 is 5.32 Å². The molecular formula is C14H29N. The van der Waals surface area contributed by atoms with Gasteiger partial charge >= 0.3 is 0 Å². The van der Waals surface area contributed by atoms with Crippen LogP contribution in [0, 0.1) is 11.3 Å². The van der Waals surface area contributed by atoms with Crippen LogP contribution in [0.15, 0.2) is 0 Å². The summed E-state index contributed by atoms with van der Waals surface area (Å²) in [7, 11) is 0. The summed E-state index contributed by atoms with van der Waals surface area (Å²) in [6.45, 7) is 9.47. The first-order chi connectivity index (χ1) is 7.18. The minimum Gasteiger partial charge on any atom is -0.316 e. The van der Waals surface area contributed by atoms with Crippen LogP contribution in [-0.2, 0) is 0 Å². The van der Waals surface area contributed by atoms with Gasteiger partial charge in [-0.25, -0.2) is 0 Å². The van der Waals surface area contributed by atoms with Gasteiger partial charge in [0.2, 0.25) is 0 Å². The summed E-state index contributed by atoms with van der Waals surface area (Å²) in [6, 6.07) is 0. The van der Waals surface area contributed by atoms with Crippen LogP contribution in [0.3, 0.4) is 0 Å². The summed E-state index contributed by atoms with van der Waals surface area (Å²) in [5.41, 5.74) is 0.665. The third-order valence-electron chi connectivity index (χ3n) is 4.05. The lowest BCUT2D eigenvalue weighted by Crippen LogP contribution is -2.32. The zero-order valence-electron chi connectivity index (χ0n) is 10.9. The molecule has 0 bridgehead atoms. The van der Waals surface area contributed by atoms with Crippen molar-refractivity contribution in [3.8, 4) is 0 Å². The van der Waals surface area contributed by atoms with E-state index in [1.165, 1.54) is 58.0 Å². The Morgan fingerprint density at radius 1 is 1.20 bits per heavy atom. The number of rotatable bonds is 7. The molecule has 1 rings (SSSR count). The van der Waals surface area contributed by atoms with Gasteiger partial charge in [0.05, 0.1) is 0 Å². The SMILES string of the molecule is CCC1(CNCCCC(C)C)CCCC1. The van der Waals surface area contributed by atoms with Crippen molar-refractivity contribution in [2.75, 3.05) is 13.1 Å². The van der Waals surface area contributed by atoms with Crippen LogP contribution in [-0.4, -0.2) is 13.1 Å². The fourth-order valence-electron chi connectivity index (χ4n) is 2.77. The smallest absolute Gasteiger partial charge is 0.000770 e. The average molecular weight is 211 g/mol. The number of hydrogen-bond acceptors (Lipinski definition) is 1. The Morgan fingerprint density at radius 3 is 2.40 bits per heavy atom. The molecule has 0 aromatic carbocycles. The summed E-state index contributed by atoms with van der Waals surface area (Å²) >= 11 is 0. The van der Waals surface area contributed by atoms with Crippen molar-refractivity contribution in [2.24, 2.45) is 11.3 Å². The molecule has 1 heteroatoms. The van der Waals surface area contributed by atoms with E-state index in [-0.39, 0.29) is 0 Å². The van der Waals surface area contributed by atoms with Crippen molar-refractivity contribution >= 4 is 0 Å². The molecule has 1 nitrogen and oxygen atoms in total. The van der Waals surface area contributed by atoms with Gasteiger partial charge in [-0.1, -0.05) is 33.6 Å². The molecule has 0 saturated heterocycles. The average Bonchev–Trinajstić information content (AvgIpc) is 2.66. The normalized spacial score (nSPS) is 20.0. The van der Waals surface area contributed by atoms with Gasteiger partial charge in [0.25, 0.3) is 0 Å². The second-order valence-electron chi connectivity index (χ2n) is 5.77. The van der Waals surface area contributed by atoms with E-state index in [4.69, 9.17) is 0 Å². The summed E-state index contributed by atoms with van der Waals surface area (Å²) in [5, 5.41) is 3.67. The van der Waals surface area contributed by atoms with Crippen LogP contribution in [0.25, 0.3) is 0 Å². The van der Waals surface area contributed by atoms with Crippen LogP contribution in [0.5, 0.6) is 0 Å². The van der Waals surface area contributed by atoms with Crippen molar-refractivity contribution in [1.29, 1.82) is 0 Å². The highest BCUT2D eigenvalue weighted by Crippen LogP contribution is 2.40. The Morgan fingerprint density at radius 2 is 1.87 bits per heavy atom. The predicted octanol–water partition coefficient (Wildman–Crippen LogP) is 3.98. The Balaban J connectivity index is 2.07. The van der Waals surface area contributed by atoms with Crippen molar-refractivity contribution in [1.82, 2.24) is 5.32 Å². The van der Waals surface area contributed by atoms with Crippen LogP contribution >= 0.6 is 0 Å². The third-order valence-corrected chi connectivity index (χ3v) is 4.05. The molecule has 0 amide bonds. The molecule has 1 aliphatic carbocycles. The standard InChI is InChI=1S/C14H29N/c1-4-14(9-5-6-10-14)12-15-11-7-8-13(2)3/h13,15H,4-12H2,1-3H3. The maximum Gasteiger partial charge on any atom is 0.000770 e. The molecule has 0 aromatic heterocycles. The van der Waals surface area contributed by atoms with Gasteiger partial charge in [-0.2, -0.15) is 0 Å². The summed E-state index contributed by atoms with van der Waals surface area (Å²) in [6.07, 6.45) is 9.91. The van der Waals surface area contributed by atoms with E-state index in [0.717, 1.165) is 5.92 Å². The molecule has 0 aliphatic heterocycles. The first-order valence-corrected chi connectivity index (χ1v) is 6.89. The van der Waals surface area contributed by atoms with Crippen molar-refractivity contribution in [2.45, 2.75) is 65.7 Å². The Labute approximate surface area is 96.0 Å². The fraction of sp³-hybridized carbons (Fsp3) is 1.00. The highest BCUT2D eigenvalue weighted by molar-refractivity contribution is 4.85. The van der Waals surface area contributed by atoms with Gasteiger partial charge in [0.15, 0.2) is 0 Å². The predicted molar refractivity (Wildman–Crippen MR) is 68.1 cm³/mol. The van der Waals surface area contributed by atoms with Gasteiger partial charge in [0, 0.05) is 6.54 Å². The highest BCUT2D eigenvalue weighted by atomic mass is 14.9. The molecule has 15 heavy (non-hydrogen) atoms. The maximum absolute atomic E-state index is 3.67. The van der Waals surface area contributed by atoms with Crippen LogP contribution in [0.4, 0.5) is 0 Å². The van der Waals surface area contributed by atoms with Gasteiger partial charge < -0.3 is 5.32 Å². The molecule has 0 radical (unpaired) electrons. The zero-order valence-corrected chi connectivity index (χ0v) is 10.9. The van der Waals surface area contributed by atoms with Crippen LogP contribution in [0.2, 0.25) is 0 Å². The molecule has 1 saturated carbocycles. The quantitative estimate of drug-likeness (QED) is 0.628. The van der Waals surface area contributed by atoms with Gasteiger partial charge in [-0.3, -0.25) is 0 Å². The molecule has 1 fully saturated rings. The van der Waals surface area contributed by atoms with E-state index < -0.39 is 0 Å². The Hall–Kier alpha value is -0.0400. The summed E-state index contributed by atoms with van der Waals surface area (Å²) in [4.78, 5) is 0. The molecule has 90 valence electrons. The molecule has 1 N–H and O–H groups in total. The Bertz CT molecular complexity index is 157. The molecule has 1 aliphatic rings. The van der Waals surface area contributed by atoms with Crippen molar-refractivity contribution in [3.63, 3.8) is 0 Å². The van der Waals surface area contributed by atoms with E-state index in [0.29, 0.717) is 5.41 Å².